The zero-order valence-corrected chi connectivity index (χ0v) is 20.4. The summed E-state index contributed by atoms with van der Waals surface area (Å²) in [4.78, 5) is 27.6. The zero-order valence-electron chi connectivity index (χ0n) is 20.4. The van der Waals surface area contributed by atoms with Gasteiger partial charge in [-0.05, 0) is 58.0 Å². The smallest absolute Gasteiger partial charge is 0.376 e. The second-order valence-electron chi connectivity index (χ2n) is 8.33. The van der Waals surface area contributed by atoms with Gasteiger partial charge in [-0.15, -0.1) is 0 Å². The van der Waals surface area contributed by atoms with Crippen molar-refractivity contribution in [3.8, 4) is 0 Å². The summed E-state index contributed by atoms with van der Waals surface area (Å²) in [6.45, 7) is 7.24. The highest BCUT2D eigenvalue weighted by atomic mass is 16.5. The minimum absolute atomic E-state index is 0.135. The number of nitrogens with zero attached hydrogens (tertiary/aromatic N) is 2. The molecule has 5 N–H and O–H groups in total. The molecular formula is C20H36B4N4O6. The molecule has 0 saturated heterocycles. The Morgan fingerprint density at radius 2 is 1.59 bits per heavy atom. The summed E-state index contributed by atoms with van der Waals surface area (Å²) in [7, 11) is 3.43. The second kappa shape index (κ2) is 16.7. The van der Waals surface area contributed by atoms with Crippen molar-refractivity contribution >= 4 is 40.8 Å². The quantitative estimate of drug-likeness (QED) is 0.147. The summed E-state index contributed by atoms with van der Waals surface area (Å²) in [5.74, 6) is -1.19. The molecule has 0 aliphatic carbocycles. The van der Waals surface area contributed by atoms with E-state index in [1.807, 2.05) is 10.9 Å². The largest absolute Gasteiger partial charge is 0.462 e. The van der Waals surface area contributed by atoms with E-state index in [9.17, 15) is 24.7 Å². The lowest BCUT2D eigenvalue weighted by molar-refractivity contribution is 0.0471. The highest BCUT2D eigenvalue weighted by Gasteiger charge is 2.24. The molecule has 1 amide bonds. The third-order valence-corrected chi connectivity index (χ3v) is 5.24. The molecule has 10 nitrogen and oxygen atoms in total. The third kappa shape index (κ3) is 13.2. The van der Waals surface area contributed by atoms with Gasteiger partial charge in [0.05, 0.1) is 12.2 Å². The maximum atomic E-state index is 12.3. The molecule has 14 heteroatoms. The first-order chi connectivity index (χ1) is 16.1. The molecule has 0 fully saturated rings. The highest BCUT2D eigenvalue weighted by Crippen LogP contribution is 2.12. The van der Waals surface area contributed by atoms with Gasteiger partial charge < -0.3 is 40.0 Å². The van der Waals surface area contributed by atoms with E-state index in [4.69, 9.17) is 12.6 Å². The average molecular weight is 472 g/mol. The Morgan fingerprint density at radius 1 is 1.00 bits per heavy atom. The first-order valence-corrected chi connectivity index (χ1v) is 11.6. The Hall–Kier alpha value is -1.82. The van der Waals surface area contributed by atoms with Gasteiger partial charge in [0, 0.05) is 26.2 Å². The molecule has 34 heavy (non-hydrogen) atoms. The average Bonchev–Trinajstić information content (AvgIpc) is 2.77. The van der Waals surface area contributed by atoms with Crippen LogP contribution in [0.5, 0.6) is 0 Å². The van der Waals surface area contributed by atoms with Crippen molar-refractivity contribution in [3.05, 3.63) is 35.9 Å². The highest BCUT2D eigenvalue weighted by molar-refractivity contribution is 6.56. The van der Waals surface area contributed by atoms with Crippen LogP contribution in [0.1, 0.15) is 16.8 Å². The molecule has 184 valence electrons. The van der Waals surface area contributed by atoms with Crippen molar-refractivity contribution in [1.82, 2.24) is 20.2 Å². The standard InChI is InChI=1S/C20H36B4N4O6/c1-22(31)25-10-12-27(20(21)30)15-17(16-28(24(3)33)13-11-26-23(2)32)9-14-34-19(29)18-7-5-4-6-8-18/h4-8,17,25-26,31-33H,9-16H2,1-3H3. The summed E-state index contributed by atoms with van der Waals surface area (Å²) in [6, 6.07) is 8.68. The molecule has 1 aromatic carbocycles. The number of benzene rings is 1. The number of carbonyl (C=O) groups excluding carboxylic acids is 2. The summed E-state index contributed by atoms with van der Waals surface area (Å²) < 4.78 is 5.42. The molecule has 0 aromatic heterocycles. The summed E-state index contributed by atoms with van der Waals surface area (Å²) in [6.07, 6.45) is 0.444. The van der Waals surface area contributed by atoms with Gasteiger partial charge in [0.1, 0.15) is 0 Å². The molecule has 0 aliphatic rings. The normalized spacial score (nSPS) is 11.7. The van der Waals surface area contributed by atoms with E-state index in [1.54, 1.807) is 44.7 Å². The Balaban J connectivity index is 2.81. The van der Waals surface area contributed by atoms with Crippen LogP contribution in [0.3, 0.4) is 0 Å². The van der Waals surface area contributed by atoms with Crippen LogP contribution in [0.4, 0.5) is 4.79 Å². The number of hydrogen-bond donors (Lipinski definition) is 5. The van der Waals surface area contributed by atoms with Crippen LogP contribution < -0.4 is 10.5 Å². The number of ether oxygens (including phenoxy) is 1. The van der Waals surface area contributed by atoms with Crippen molar-refractivity contribution in [2.75, 3.05) is 45.9 Å². The van der Waals surface area contributed by atoms with Crippen LogP contribution in [0.25, 0.3) is 0 Å². The Morgan fingerprint density at radius 3 is 2.12 bits per heavy atom. The van der Waals surface area contributed by atoms with Crippen molar-refractivity contribution < 1.29 is 29.4 Å². The fraction of sp³-hybridized carbons (Fsp3) is 0.600. The minimum Gasteiger partial charge on any atom is -0.462 e. The van der Waals surface area contributed by atoms with Gasteiger partial charge in [-0.2, -0.15) is 0 Å². The van der Waals surface area contributed by atoms with Gasteiger partial charge in [0.2, 0.25) is 7.85 Å². The van der Waals surface area contributed by atoms with Crippen LogP contribution in [0, 0.1) is 5.92 Å². The van der Waals surface area contributed by atoms with E-state index < -0.39 is 32.9 Å². The number of hydrogen-bond acceptors (Lipinski definition) is 9. The van der Waals surface area contributed by atoms with E-state index in [0.29, 0.717) is 44.7 Å². The first kappa shape index (κ1) is 30.2. The van der Waals surface area contributed by atoms with E-state index in [-0.39, 0.29) is 19.1 Å². The molecule has 1 unspecified atom stereocenters. The topological polar surface area (TPSA) is 135 Å². The molecular weight excluding hydrogens is 435 g/mol. The van der Waals surface area contributed by atoms with Crippen LogP contribution >= 0.6 is 0 Å². The van der Waals surface area contributed by atoms with Gasteiger partial charge in [-0.25, -0.2) is 4.79 Å². The number of rotatable bonds is 17. The van der Waals surface area contributed by atoms with Crippen molar-refractivity contribution in [2.45, 2.75) is 26.9 Å². The molecule has 0 heterocycles. The van der Waals surface area contributed by atoms with Crippen LogP contribution in [-0.2, 0) is 4.74 Å². The second-order valence-corrected chi connectivity index (χ2v) is 8.33. The zero-order chi connectivity index (χ0) is 25.5. The van der Waals surface area contributed by atoms with Gasteiger partial charge >= 0.3 is 27.1 Å². The van der Waals surface area contributed by atoms with Crippen molar-refractivity contribution in [1.29, 1.82) is 0 Å². The minimum atomic E-state index is -0.760. The monoisotopic (exact) mass is 472 g/mol. The molecule has 0 saturated carbocycles. The molecule has 2 radical (unpaired) electrons. The molecule has 1 atom stereocenters. The lowest BCUT2D eigenvalue weighted by atomic mass is 9.82. The van der Waals surface area contributed by atoms with Gasteiger partial charge in [0.25, 0.3) is 0 Å². The van der Waals surface area contributed by atoms with Crippen LogP contribution in [0.2, 0.25) is 20.5 Å². The van der Waals surface area contributed by atoms with Gasteiger partial charge in [-0.1, -0.05) is 18.2 Å². The molecule has 1 aromatic rings. The summed E-state index contributed by atoms with van der Waals surface area (Å²) in [5, 5.41) is 34.8. The number of carbonyl (C=O) groups is 2. The molecule has 0 bridgehead atoms. The lowest BCUT2D eigenvalue weighted by Crippen LogP contribution is -2.49. The van der Waals surface area contributed by atoms with Crippen LogP contribution in [0.15, 0.2) is 30.3 Å². The number of esters is 1. The SMILES string of the molecule is [B]C(=O)N(CCNB(C)O)CC(CCOC(=O)c1ccccc1)CN(CCNB(C)O)B(C)O. The van der Waals surface area contributed by atoms with Gasteiger partial charge in [0.15, 0.2) is 5.81 Å². The summed E-state index contributed by atoms with van der Waals surface area (Å²) in [5.41, 5.74) is 0.455. The van der Waals surface area contributed by atoms with E-state index >= 15 is 0 Å². The lowest BCUT2D eigenvalue weighted by Gasteiger charge is -2.32. The summed E-state index contributed by atoms with van der Waals surface area (Å²) >= 11 is 0. The first-order valence-electron chi connectivity index (χ1n) is 11.6. The van der Waals surface area contributed by atoms with Crippen molar-refractivity contribution in [3.63, 3.8) is 0 Å². The number of amides is 1. The Labute approximate surface area is 205 Å². The maximum Gasteiger partial charge on any atom is 0.376 e. The third-order valence-electron chi connectivity index (χ3n) is 5.24. The van der Waals surface area contributed by atoms with Gasteiger partial charge in [-0.3, -0.25) is 4.79 Å². The Bertz CT molecular complexity index is 718. The van der Waals surface area contributed by atoms with E-state index in [2.05, 4.69) is 10.5 Å². The van der Waals surface area contributed by atoms with Crippen molar-refractivity contribution in [2.24, 2.45) is 5.92 Å². The predicted octanol–water partition coefficient (Wildman–Crippen LogP) is -0.748. The molecule has 0 aliphatic heterocycles. The van der Waals surface area contributed by atoms with E-state index in [1.165, 1.54) is 4.90 Å². The Kier molecular flexibility index (Phi) is 14.9. The number of nitrogens with one attached hydrogen (secondary N) is 2. The maximum absolute atomic E-state index is 12.3. The fourth-order valence-corrected chi connectivity index (χ4v) is 3.41. The molecule has 0 spiro atoms. The predicted molar refractivity (Wildman–Crippen MR) is 137 cm³/mol. The van der Waals surface area contributed by atoms with Crippen LogP contribution in [-0.4, -0.2) is 111 Å². The van der Waals surface area contributed by atoms with E-state index in [0.717, 1.165) is 0 Å². The fourth-order valence-electron chi connectivity index (χ4n) is 3.41. The molecule has 1 rings (SSSR count).